The van der Waals surface area contributed by atoms with Gasteiger partial charge in [-0.05, 0) is 25.1 Å². The lowest BCUT2D eigenvalue weighted by atomic mass is 10.2. The molecule has 0 bridgehead atoms. The molecule has 0 radical (unpaired) electrons. The number of hydrogen-bond donors (Lipinski definition) is 2. The molecular formula is C14H14F4O6. The Hall–Kier alpha value is -2.07. The van der Waals surface area contributed by atoms with Crippen molar-refractivity contribution >= 4 is 5.97 Å². The van der Waals surface area contributed by atoms with Crippen molar-refractivity contribution in [2.45, 2.75) is 24.6 Å². The molecule has 134 valence electrons. The topological polar surface area (TPSA) is 85.2 Å². The Labute approximate surface area is 133 Å². The third kappa shape index (κ3) is 3.70. The van der Waals surface area contributed by atoms with Crippen LogP contribution in [0, 0.1) is 0 Å². The predicted molar refractivity (Wildman–Crippen MR) is 70.8 cm³/mol. The Morgan fingerprint density at radius 2 is 1.75 bits per heavy atom. The number of phenols is 1. The number of alkyl halides is 4. The molecule has 24 heavy (non-hydrogen) atoms. The van der Waals surface area contributed by atoms with Crippen LogP contribution in [0.1, 0.15) is 17.3 Å². The smallest absolute Gasteiger partial charge is 0.339 e. The predicted octanol–water partition coefficient (Wildman–Crippen LogP) is 2.50. The highest BCUT2D eigenvalue weighted by atomic mass is 19.3. The van der Waals surface area contributed by atoms with E-state index in [4.69, 9.17) is 19.3 Å². The number of benzene rings is 1. The largest absolute Gasteiger partial charge is 0.507 e. The molecule has 2 N–H and O–H groups in total. The summed E-state index contributed by atoms with van der Waals surface area (Å²) in [4.78, 5) is 10.9. The van der Waals surface area contributed by atoms with Crippen molar-refractivity contribution in [1.29, 1.82) is 0 Å². The molecule has 1 saturated heterocycles. The van der Waals surface area contributed by atoms with E-state index in [9.17, 15) is 27.5 Å². The first-order chi connectivity index (χ1) is 11.0. The van der Waals surface area contributed by atoms with Gasteiger partial charge in [-0.1, -0.05) is 0 Å². The number of ether oxygens (including phenoxy) is 3. The maximum Gasteiger partial charge on any atom is 0.339 e. The lowest BCUT2D eigenvalue weighted by molar-refractivity contribution is -0.238. The van der Waals surface area contributed by atoms with E-state index < -0.39 is 54.7 Å². The van der Waals surface area contributed by atoms with Gasteiger partial charge in [0.15, 0.2) is 5.79 Å². The molecule has 0 aliphatic carbocycles. The number of aromatic hydroxyl groups is 1. The molecule has 10 heteroatoms. The van der Waals surface area contributed by atoms with Gasteiger partial charge in [-0.3, -0.25) is 0 Å². The zero-order chi connectivity index (χ0) is 18.2. The van der Waals surface area contributed by atoms with Crippen LogP contribution in [0.4, 0.5) is 17.6 Å². The Kier molecular flexibility index (Phi) is 4.64. The van der Waals surface area contributed by atoms with E-state index in [1.165, 1.54) is 6.07 Å². The third-order valence-corrected chi connectivity index (χ3v) is 3.35. The molecule has 0 aromatic heterocycles. The van der Waals surface area contributed by atoms with Gasteiger partial charge in [-0.25, -0.2) is 4.79 Å². The van der Waals surface area contributed by atoms with Gasteiger partial charge >= 0.3 is 17.8 Å². The molecule has 0 amide bonds. The molecule has 0 unspecified atom stereocenters. The molecule has 1 fully saturated rings. The van der Waals surface area contributed by atoms with Crippen molar-refractivity contribution < 1.29 is 46.8 Å². The summed E-state index contributed by atoms with van der Waals surface area (Å²) in [6, 6.07) is 3.25. The average molecular weight is 354 g/mol. The highest BCUT2D eigenvalue weighted by Crippen LogP contribution is 2.39. The van der Waals surface area contributed by atoms with Crippen molar-refractivity contribution in [1.82, 2.24) is 0 Å². The number of carbonyl (C=O) groups is 1. The van der Waals surface area contributed by atoms with Crippen LogP contribution in [0.5, 0.6) is 11.5 Å². The minimum absolute atomic E-state index is 0.0404. The van der Waals surface area contributed by atoms with Crippen LogP contribution in [-0.2, 0) is 9.47 Å². The average Bonchev–Trinajstić information content (AvgIpc) is 2.57. The molecule has 1 aromatic rings. The first-order valence-corrected chi connectivity index (χ1v) is 6.68. The summed E-state index contributed by atoms with van der Waals surface area (Å²) in [5.74, 6) is -12.6. The van der Waals surface area contributed by atoms with Gasteiger partial charge in [0.1, 0.15) is 36.9 Å². The summed E-state index contributed by atoms with van der Waals surface area (Å²) < 4.78 is 67.6. The first-order valence-electron chi connectivity index (χ1n) is 6.68. The standard InChI is InChI=1S/C14H14F4O6/c1-12(23-6-13(15,16)14(17,18)7-24-12)5-22-8-2-3-10(19)9(4-8)11(20)21/h2-4,19H,5-7H2,1H3,(H,20,21). The van der Waals surface area contributed by atoms with E-state index in [0.29, 0.717) is 0 Å². The van der Waals surface area contributed by atoms with E-state index in [1.807, 2.05) is 0 Å². The summed E-state index contributed by atoms with van der Waals surface area (Å²) in [5, 5.41) is 18.3. The Bertz CT molecular complexity index is 616. The van der Waals surface area contributed by atoms with E-state index in [2.05, 4.69) is 0 Å². The first kappa shape index (κ1) is 18.3. The second-order valence-corrected chi connectivity index (χ2v) is 5.39. The van der Waals surface area contributed by atoms with Crippen LogP contribution < -0.4 is 4.74 Å². The van der Waals surface area contributed by atoms with Crippen LogP contribution in [0.15, 0.2) is 18.2 Å². The van der Waals surface area contributed by atoms with Gasteiger partial charge in [0.25, 0.3) is 0 Å². The van der Waals surface area contributed by atoms with Crippen molar-refractivity contribution in [3.63, 3.8) is 0 Å². The van der Waals surface area contributed by atoms with E-state index in [-0.39, 0.29) is 5.75 Å². The fourth-order valence-corrected chi connectivity index (χ4v) is 1.81. The minimum Gasteiger partial charge on any atom is -0.507 e. The summed E-state index contributed by atoms with van der Waals surface area (Å²) >= 11 is 0. The quantitative estimate of drug-likeness (QED) is 0.808. The highest BCUT2D eigenvalue weighted by molar-refractivity contribution is 5.91. The lowest BCUT2D eigenvalue weighted by Crippen LogP contribution is -2.45. The Morgan fingerprint density at radius 3 is 2.25 bits per heavy atom. The number of hydrogen-bond acceptors (Lipinski definition) is 5. The number of aromatic carboxylic acids is 1. The zero-order valence-electron chi connectivity index (χ0n) is 12.4. The van der Waals surface area contributed by atoms with Gasteiger partial charge in [0.2, 0.25) is 0 Å². The van der Waals surface area contributed by atoms with Gasteiger partial charge < -0.3 is 24.4 Å². The lowest BCUT2D eigenvalue weighted by Gasteiger charge is -2.27. The van der Waals surface area contributed by atoms with Gasteiger partial charge in [0, 0.05) is 0 Å². The van der Waals surface area contributed by atoms with Crippen molar-refractivity contribution in [2.24, 2.45) is 0 Å². The second kappa shape index (κ2) is 6.10. The fraction of sp³-hybridized carbons (Fsp3) is 0.500. The molecular weight excluding hydrogens is 340 g/mol. The number of carboxylic acids is 1. The van der Waals surface area contributed by atoms with Crippen molar-refractivity contribution in [2.75, 3.05) is 19.8 Å². The number of rotatable bonds is 4. The summed E-state index contributed by atoms with van der Waals surface area (Å²) in [6.45, 7) is -2.53. The van der Waals surface area contributed by atoms with Gasteiger partial charge in [0.05, 0.1) is 0 Å². The number of carboxylic acid groups (broad SMARTS) is 1. The van der Waals surface area contributed by atoms with Gasteiger partial charge in [-0.15, -0.1) is 0 Å². The molecule has 1 aromatic carbocycles. The SMILES string of the molecule is CC1(COc2ccc(O)c(C(=O)O)c2)OCC(F)(F)C(F)(F)CO1. The highest BCUT2D eigenvalue weighted by Gasteiger charge is 2.60. The Balaban J connectivity index is 2.09. The molecule has 1 aliphatic rings. The van der Waals surface area contributed by atoms with Crippen LogP contribution in [0.25, 0.3) is 0 Å². The number of halogens is 4. The zero-order valence-corrected chi connectivity index (χ0v) is 12.4. The molecule has 0 spiro atoms. The van der Waals surface area contributed by atoms with Gasteiger partial charge in [-0.2, -0.15) is 17.6 Å². The monoisotopic (exact) mass is 354 g/mol. The van der Waals surface area contributed by atoms with E-state index >= 15 is 0 Å². The van der Waals surface area contributed by atoms with Crippen LogP contribution in [-0.4, -0.2) is 53.6 Å². The molecule has 1 heterocycles. The fourth-order valence-electron chi connectivity index (χ4n) is 1.81. The maximum absolute atomic E-state index is 13.2. The maximum atomic E-state index is 13.2. The van der Waals surface area contributed by atoms with Crippen LogP contribution >= 0.6 is 0 Å². The molecule has 2 rings (SSSR count). The molecule has 6 nitrogen and oxygen atoms in total. The van der Waals surface area contributed by atoms with E-state index in [1.54, 1.807) is 0 Å². The minimum atomic E-state index is -4.39. The third-order valence-electron chi connectivity index (χ3n) is 3.35. The molecule has 1 aliphatic heterocycles. The van der Waals surface area contributed by atoms with Crippen molar-refractivity contribution in [3.05, 3.63) is 23.8 Å². The molecule has 0 saturated carbocycles. The summed E-state index contributed by atoms with van der Waals surface area (Å²) in [5.41, 5.74) is -0.446. The summed E-state index contributed by atoms with van der Waals surface area (Å²) in [7, 11) is 0. The van der Waals surface area contributed by atoms with Crippen molar-refractivity contribution in [3.8, 4) is 11.5 Å². The normalized spacial score (nSPS) is 21.7. The Morgan fingerprint density at radius 1 is 1.21 bits per heavy atom. The van der Waals surface area contributed by atoms with Crippen LogP contribution in [0.2, 0.25) is 0 Å². The summed E-state index contributed by atoms with van der Waals surface area (Å²) in [6.07, 6.45) is 0. The van der Waals surface area contributed by atoms with E-state index in [0.717, 1.165) is 19.1 Å². The molecule has 0 atom stereocenters. The van der Waals surface area contributed by atoms with Crippen LogP contribution in [0.3, 0.4) is 0 Å². The second-order valence-electron chi connectivity index (χ2n) is 5.39.